The number of methoxy groups -OCH3 is 1. The van der Waals surface area contributed by atoms with E-state index in [-0.39, 0.29) is 10.3 Å². The van der Waals surface area contributed by atoms with Crippen LogP contribution < -0.4 is 10.0 Å². The summed E-state index contributed by atoms with van der Waals surface area (Å²) in [6.45, 7) is 5.01. The predicted octanol–water partition coefficient (Wildman–Crippen LogP) is 2.07. The molecule has 0 heterocycles. The summed E-state index contributed by atoms with van der Waals surface area (Å²) in [7, 11) is -0.167. The Morgan fingerprint density at radius 3 is 2.50 bits per heavy atom. The normalized spacial score (nSPS) is 12.4. The van der Waals surface area contributed by atoms with Crippen LogP contribution in [0.5, 0.6) is 0 Å². The third kappa shape index (κ3) is 4.77. The van der Waals surface area contributed by atoms with Crippen LogP contribution in [-0.2, 0) is 14.8 Å². The Labute approximate surface area is 121 Å². The molecule has 1 aromatic rings. The van der Waals surface area contributed by atoms with Crippen LogP contribution in [0.15, 0.2) is 29.2 Å². The maximum absolute atomic E-state index is 12.4. The maximum atomic E-state index is 12.4. The number of ether oxygens (including phenoxy) is 1. The van der Waals surface area contributed by atoms with Crippen molar-refractivity contribution in [3.8, 4) is 0 Å². The zero-order valence-corrected chi connectivity index (χ0v) is 13.4. The molecule has 0 bridgehead atoms. The molecular formula is C14H24N2O3S. The van der Waals surface area contributed by atoms with Crippen LogP contribution in [0.25, 0.3) is 0 Å². The van der Waals surface area contributed by atoms with Crippen LogP contribution in [-0.4, -0.2) is 35.7 Å². The zero-order chi connectivity index (χ0) is 15.2. The van der Waals surface area contributed by atoms with Crippen LogP contribution >= 0.6 is 0 Å². The molecule has 0 saturated carbocycles. The van der Waals surface area contributed by atoms with Crippen molar-refractivity contribution in [2.45, 2.75) is 25.2 Å². The molecule has 0 unspecified atom stereocenters. The highest BCUT2D eigenvalue weighted by atomic mass is 32.2. The number of sulfonamides is 1. The third-order valence-electron chi connectivity index (χ3n) is 3.17. The van der Waals surface area contributed by atoms with Crippen molar-refractivity contribution in [1.82, 2.24) is 4.72 Å². The smallest absolute Gasteiger partial charge is 0.242 e. The summed E-state index contributed by atoms with van der Waals surface area (Å²) in [5, 5.41) is 2.89. The van der Waals surface area contributed by atoms with Gasteiger partial charge in [0.05, 0.1) is 5.69 Å². The molecule has 0 atom stereocenters. The van der Waals surface area contributed by atoms with Gasteiger partial charge in [-0.3, -0.25) is 0 Å². The van der Waals surface area contributed by atoms with Crippen molar-refractivity contribution in [1.29, 1.82) is 0 Å². The lowest BCUT2D eigenvalue weighted by atomic mass is 9.90. The lowest BCUT2D eigenvalue weighted by Crippen LogP contribution is -2.35. The van der Waals surface area contributed by atoms with Gasteiger partial charge in [0, 0.05) is 27.3 Å². The van der Waals surface area contributed by atoms with E-state index < -0.39 is 10.0 Å². The molecule has 2 N–H and O–H groups in total. The molecule has 0 spiro atoms. The first kappa shape index (κ1) is 16.9. The van der Waals surface area contributed by atoms with Gasteiger partial charge >= 0.3 is 0 Å². The molecule has 0 aliphatic heterocycles. The monoisotopic (exact) mass is 300 g/mol. The fourth-order valence-electron chi connectivity index (χ4n) is 1.74. The second kappa shape index (κ2) is 7.06. The van der Waals surface area contributed by atoms with E-state index in [1.54, 1.807) is 38.4 Å². The molecule has 0 aliphatic carbocycles. The average Bonchev–Trinajstić information content (AvgIpc) is 2.43. The molecule has 1 aromatic carbocycles. The van der Waals surface area contributed by atoms with Crippen LogP contribution in [0.1, 0.15) is 20.3 Å². The van der Waals surface area contributed by atoms with Gasteiger partial charge in [-0.25, -0.2) is 13.1 Å². The summed E-state index contributed by atoms with van der Waals surface area (Å²) >= 11 is 0. The molecule has 0 aliphatic rings. The Morgan fingerprint density at radius 1 is 1.25 bits per heavy atom. The molecule has 0 radical (unpaired) electrons. The summed E-state index contributed by atoms with van der Waals surface area (Å²) in [5.41, 5.74) is 0.437. The van der Waals surface area contributed by atoms with Gasteiger partial charge in [-0.15, -0.1) is 0 Å². The quantitative estimate of drug-likeness (QED) is 0.771. The van der Waals surface area contributed by atoms with E-state index in [1.807, 2.05) is 13.8 Å². The van der Waals surface area contributed by atoms with Gasteiger partial charge in [0.1, 0.15) is 4.90 Å². The number of hydrogen-bond acceptors (Lipinski definition) is 4. The van der Waals surface area contributed by atoms with Gasteiger partial charge < -0.3 is 10.1 Å². The number of rotatable bonds is 8. The van der Waals surface area contributed by atoms with E-state index in [9.17, 15) is 8.42 Å². The molecule has 0 fully saturated rings. The maximum Gasteiger partial charge on any atom is 0.242 e. The van der Waals surface area contributed by atoms with Crippen molar-refractivity contribution in [2.75, 3.05) is 32.6 Å². The largest absolute Gasteiger partial charge is 0.387 e. The molecule has 114 valence electrons. The molecule has 0 amide bonds. The molecule has 6 heteroatoms. The number of para-hydroxylation sites is 1. The molecular weight excluding hydrogens is 276 g/mol. The highest BCUT2D eigenvalue weighted by Gasteiger charge is 2.23. The van der Waals surface area contributed by atoms with E-state index >= 15 is 0 Å². The van der Waals surface area contributed by atoms with Crippen LogP contribution in [0.2, 0.25) is 0 Å². The van der Waals surface area contributed by atoms with Crippen molar-refractivity contribution >= 4 is 15.7 Å². The number of nitrogens with one attached hydrogen (secondary N) is 2. The van der Waals surface area contributed by atoms with Crippen molar-refractivity contribution < 1.29 is 13.2 Å². The molecule has 0 aromatic heterocycles. The minimum atomic E-state index is -3.51. The van der Waals surface area contributed by atoms with Gasteiger partial charge in [0.25, 0.3) is 0 Å². The Balaban J connectivity index is 2.80. The lowest BCUT2D eigenvalue weighted by Gasteiger charge is -2.24. The SMILES string of the molecule is CNc1ccccc1S(=O)(=O)NCC(C)(C)CCOC. The first-order chi connectivity index (χ1) is 9.32. The van der Waals surface area contributed by atoms with Crippen molar-refractivity contribution in [3.05, 3.63) is 24.3 Å². The van der Waals surface area contributed by atoms with E-state index in [4.69, 9.17) is 4.74 Å². The second-order valence-electron chi connectivity index (χ2n) is 5.48. The Hall–Kier alpha value is -1.11. The van der Waals surface area contributed by atoms with Gasteiger partial charge in [-0.2, -0.15) is 0 Å². The first-order valence-corrected chi connectivity index (χ1v) is 8.06. The Bertz CT molecular complexity index is 527. The summed E-state index contributed by atoms with van der Waals surface area (Å²) in [5.74, 6) is 0. The van der Waals surface area contributed by atoms with Crippen molar-refractivity contribution in [2.24, 2.45) is 5.41 Å². The highest BCUT2D eigenvalue weighted by Crippen LogP contribution is 2.23. The molecule has 20 heavy (non-hydrogen) atoms. The Kier molecular flexibility index (Phi) is 5.98. The lowest BCUT2D eigenvalue weighted by molar-refractivity contribution is 0.153. The fourth-order valence-corrected chi connectivity index (χ4v) is 3.20. The first-order valence-electron chi connectivity index (χ1n) is 6.58. The average molecular weight is 300 g/mol. The fraction of sp³-hybridized carbons (Fsp3) is 0.571. The summed E-state index contributed by atoms with van der Waals surface area (Å²) in [6.07, 6.45) is 0.791. The number of hydrogen-bond donors (Lipinski definition) is 2. The van der Waals surface area contributed by atoms with Gasteiger partial charge in [0.2, 0.25) is 10.0 Å². The van der Waals surface area contributed by atoms with E-state index in [2.05, 4.69) is 10.0 Å². The minimum absolute atomic E-state index is 0.155. The molecule has 1 rings (SSSR count). The van der Waals surface area contributed by atoms with Gasteiger partial charge in [-0.05, 0) is 24.0 Å². The van der Waals surface area contributed by atoms with Crippen LogP contribution in [0, 0.1) is 5.41 Å². The van der Waals surface area contributed by atoms with Crippen LogP contribution in [0.4, 0.5) is 5.69 Å². The third-order valence-corrected chi connectivity index (χ3v) is 4.63. The predicted molar refractivity (Wildman–Crippen MR) is 81.5 cm³/mol. The molecule has 5 nitrogen and oxygen atoms in total. The summed E-state index contributed by atoms with van der Waals surface area (Å²) in [4.78, 5) is 0.269. The Morgan fingerprint density at radius 2 is 1.90 bits per heavy atom. The summed E-state index contributed by atoms with van der Waals surface area (Å²) in [6, 6.07) is 6.85. The minimum Gasteiger partial charge on any atom is -0.387 e. The van der Waals surface area contributed by atoms with Gasteiger partial charge in [-0.1, -0.05) is 26.0 Å². The standard InChI is InChI=1S/C14H24N2O3S/c1-14(2,9-10-19-4)11-16-20(17,18)13-8-6-5-7-12(13)15-3/h5-8,15-16H,9-11H2,1-4H3. The van der Waals surface area contributed by atoms with E-state index in [0.29, 0.717) is 18.8 Å². The van der Waals surface area contributed by atoms with E-state index in [1.165, 1.54) is 0 Å². The highest BCUT2D eigenvalue weighted by molar-refractivity contribution is 7.89. The topological polar surface area (TPSA) is 67.4 Å². The molecule has 0 saturated heterocycles. The van der Waals surface area contributed by atoms with Crippen molar-refractivity contribution in [3.63, 3.8) is 0 Å². The van der Waals surface area contributed by atoms with Gasteiger partial charge in [0.15, 0.2) is 0 Å². The summed E-state index contributed by atoms with van der Waals surface area (Å²) < 4.78 is 32.4. The zero-order valence-electron chi connectivity index (χ0n) is 12.6. The van der Waals surface area contributed by atoms with E-state index in [0.717, 1.165) is 6.42 Å². The number of anilines is 1. The number of benzene rings is 1. The second-order valence-corrected chi connectivity index (χ2v) is 7.21. The van der Waals surface area contributed by atoms with Crippen LogP contribution in [0.3, 0.4) is 0 Å².